The molecule has 2 aromatic carbocycles. The number of nitrogens with one attached hydrogen (secondary N) is 1. The van der Waals surface area contributed by atoms with Gasteiger partial charge in [0.15, 0.2) is 6.61 Å². The molecule has 0 unspecified atom stereocenters. The van der Waals surface area contributed by atoms with Gasteiger partial charge in [-0.15, -0.1) is 0 Å². The molecule has 0 spiro atoms. The molecule has 1 heterocycles. The normalized spacial score (nSPS) is 25.5. The molecular weight excluding hydrogens is 408 g/mol. The summed E-state index contributed by atoms with van der Waals surface area (Å²) in [5, 5.41) is 2.64. The minimum Gasteiger partial charge on any atom is -0.452 e. The molecule has 2 aromatic rings. The summed E-state index contributed by atoms with van der Waals surface area (Å²) in [7, 11) is 0. The van der Waals surface area contributed by atoms with E-state index in [0.29, 0.717) is 11.4 Å². The van der Waals surface area contributed by atoms with Crippen molar-refractivity contribution in [2.24, 2.45) is 23.7 Å². The second-order valence-corrected chi connectivity index (χ2v) is 8.52. The van der Waals surface area contributed by atoms with E-state index in [-0.39, 0.29) is 41.0 Å². The van der Waals surface area contributed by atoms with Crippen molar-refractivity contribution in [3.63, 3.8) is 0 Å². The largest absolute Gasteiger partial charge is 0.452 e. The number of imide groups is 1. The van der Waals surface area contributed by atoms with Crippen LogP contribution in [0, 0.1) is 23.7 Å². The number of rotatable bonds is 5. The molecule has 0 radical (unpaired) electrons. The summed E-state index contributed by atoms with van der Waals surface area (Å²) in [6.45, 7) is 1.57. The summed E-state index contributed by atoms with van der Waals surface area (Å²) in [6, 6.07) is 15.1. The Morgan fingerprint density at radius 1 is 1.03 bits per heavy atom. The first-order valence-electron chi connectivity index (χ1n) is 10.6. The van der Waals surface area contributed by atoms with Crippen molar-refractivity contribution in [2.45, 2.75) is 13.3 Å². The lowest BCUT2D eigenvalue weighted by Crippen LogP contribution is -2.33. The number of fused-ring (bicyclic) bond motifs is 5. The maximum Gasteiger partial charge on any atom is 0.338 e. The van der Waals surface area contributed by atoms with E-state index < -0.39 is 18.5 Å². The quantitative estimate of drug-likeness (QED) is 0.447. The zero-order valence-corrected chi connectivity index (χ0v) is 17.5. The number of anilines is 2. The van der Waals surface area contributed by atoms with E-state index in [1.807, 2.05) is 13.0 Å². The van der Waals surface area contributed by atoms with E-state index in [1.54, 1.807) is 36.4 Å². The van der Waals surface area contributed by atoms with Crippen LogP contribution in [0.5, 0.6) is 0 Å². The van der Waals surface area contributed by atoms with Crippen LogP contribution in [-0.2, 0) is 19.1 Å². The highest BCUT2D eigenvalue weighted by Gasteiger charge is 2.60. The lowest BCUT2D eigenvalue weighted by molar-refractivity contribution is -0.123. The van der Waals surface area contributed by atoms with Crippen molar-refractivity contribution in [3.8, 4) is 0 Å². The topological polar surface area (TPSA) is 92.8 Å². The van der Waals surface area contributed by atoms with Gasteiger partial charge in [-0.1, -0.05) is 35.9 Å². The summed E-state index contributed by atoms with van der Waals surface area (Å²) >= 11 is 0. The predicted molar refractivity (Wildman–Crippen MR) is 117 cm³/mol. The number of carbonyl (C=O) groups is 4. The van der Waals surface area contributed by atoms with Crippen molar-refractivity contribution in [1.82, 2.24) is 0 Å². The van der Waals surface area contributed by atoms with Crippen molar-refractivity contribution in [2.75, 3.05) is 16.8 Å². The van der Waals surface area contributed by atoms with Gasteiger partial charge in [-0.25, -0.2) is 9.69 Å². The predicted octanol–water partition coefficient (Wildman–Crippen LogP) is 3.18. The zero-order chi connectivity index (χ0) is 22.4. The van der Waals surface area contributed by atoms with Crippen LogP contribution in [0.25, 0.3) is 0 Å². The van der Waals surface area contributed by atoms with Crippen LogP contribution in [0.15, 0.2) is 66.2 Å². The molecule has 2 fully saturated rings. The first kappa shape index (κ1) is 20.2. The Morgan fingerprint density at radius 2 is 1.78 bits per heavy atom. The van der Waals surface area contributed by atoms with Crippen LogP contribution in [0.2, 0.25) is 0 Å². The number of carbonyl (C=O) groups excluding carboxylic acids is 4. The third-order valence-electron chi connectivity index (χ3n) is 6.61. The van der Waals surface area contributed by atoms with Crippen molar-refractivity contribution in [3.05, 3.63) is 71.8 Å². The SMILES string of the molecule is CC1=C[C@H]2C[C@H]1[C@@H]1C(=O)N(c3cccc(C(=O)OCC(=O)Nc4ccccc4)c3)C(=O)[C@@H]12. The van der Waals surface area contributed by atoms with Gasteiger partial charge in [-0.2, -0.15) is 0 Å². The van der Waals surface area contributed by atoms with E-state index in [9.17, 15) is 19.2 Å². The van der Waals surface area contributed by atoms with E-state index in [1.165, 1.54) is 22.6 Å². The lowest BCUT2D eigenvalue weighted by atomic mass is 9.82. The summed E-state index contributed by atoms with van der Waals surface area (Å²) in [4.78, 5) is 51.9. The Balaban J connectivity index is 1.27. The van der Waals surface area contributed by atoms with Gasteiger partial charge >= 0.3 is 5.97 Å². The van der Waals surface area contributed by atoms with Crippen LogP contribution in [-0.4, -0.2) is 30.3 Å². The molecular formula is C25H22N2O5. The van der Waals surface area contributed by atoms with Gasteiger partial charge in [-0.3, -0.25) is 14.4 Å². The number of amides is 3. The molecule has 2 aliphatic carbocycles. The molecule has 5 rings (SSSR count). The van der Waals surface area contributed by atoms with E-state index in [4.69, 9.17) is 4.74 Å². The van der Waals surface area contributed by atoms with Gasteiger partial charge in [0.05, 0.1) is 23.1 Å². The fraction of sp³-hybridized carbons (Fsp3) is 0.280. The number of hydrogen-bond donors (Lipinski definition) is 1. The number of allylic oxidation sites excluding steroid dienone is 2. The molecule has 1 saturated carbocycles. The van der Waals surface area contributed by atoms with Crippen molar-refractivity contribution >= 4 is 35.1 Å². The first-order chi connectivity index (χ1) is 15.4. The molecule has 7 heteroatoms. The molecule has 0 aromatic heterocycles. The standard InChI is InChI=1S/C25H22N2O5/c1-14-10-16-12-19(14)22-21(16)23(29)27(24(22)30)18-9-5-6-15(11-18)25(31)32-13-20(28)26-17-7-3-2-4-8-17/h2-11,16,19,21-22H,12-13H2,1H3,(H,26,28)/t16-,19+,21+,22-/m0/s1. The Hall–Kier alpha value is -3.74. The smallest absolute Gasteiger partial charge is 0.338 e. The highest BCUT2D eigenvalue weighted by Crippen LogP contribution is 2.55. The number of nitrogens with zero attached hydrogens (tertiary/aromatic N) is 1. The molecule has 1 aliphatic heterocycles. The van der Waals surface area contributed by atoms with Crippen LogP contribution in [0.1, 0.15) is 23.7 Å². The minimum absolute atomic E-state index is 0.114. The van der Waals surface area contributed by atoms with Crippen molar-refractivity contribution in [1.29, 1.82) is 0 Å². The Morgan fingerprint density at radius 3 is 2.56 bits per heavy atom. The average molecular weight is 430 g/mol. The Bertz CT molecular complexity index is 1160. The van der Waals surface area contributed by atoms with Crippen LogP contribution in [0.3, 0.4) is 0 Å². The Labute approximate surface area is 185 Å². The summed E-state index contributed by atoms with van der Waals surface area (Å²) < 4.78 is 5.12. The van der Waals surface area contributed by atoms with Crippen LogP contribution >= 0.6 is 0 Å². The van der Waals surface area contributed by atoms with Gasteiger partial charge in [0.1, 0.15) is 0 Å². The third kappa shape index (κ3) is 3.30. The summed E-state index contributed by atoms with van der Waals surface area (Å²) in [5.41, 5.74) is 2.32. The van der Waals surface area contributed by atoms with Crippen LogP contribution in [0.4, 0.5) is 11.4 Å². The summed E-state index contributed by atoms with van der Waals surface area (Å²) in [5.74, 6) is -1.95. The number of ether oxygens (including phenoxy) is 1. The molecule has 32 heavy (non-hydrogen) atoms. The van der Waals surface area contributed by atoms with Crippen LogP contribution < -0.4 is 10.2 Å². The molecule has 7 nitrogen and oxygen atoms in total. The maximum absolute atomic E-state index is 13.1. The van der Waals surface area contributed by atoms with Gasteiger partial charge in [0.2, 0.25) is 11.8 Å². The lowest BCUT2D eigenvalue weighted by Gasteiger charge is -2.19. The molecule has 4 atom stereocenters. The van der Waals surface area contributed by atoms with Gasteiger partial charge < -0.3 is 10.1 Å². The Kier molecular flexibility index (Phi) is 4.89. The van der Waals surface area contributed by atoms with E-state index in [2.05, 4.69) is 11.4 Å². The highest BCUT2D eigenvalue weighted by atomic mass is 16.5. The molecule has 1 saturated heterocycles. The zero-order valence-electron chi connectivity index (χ0n) is 17.5. The maximum atomic E-state index is 13.1. The fourth-order valence-corrected chi connectivity index (χ4v) is 5.23. The second-order valence-electron chi connectivity index (χ2n) is 8.52. The molecule has 3 amide bonds. The fourth-order valence-electron chi connectivity index (χ4n) is 5.23. The minimum atomic E-state index is -0.702. The number of hydrogen-bond acceptors (Lipinski definition) is 5. The van der Waals surface area contributed by atoms with Gasteiger partial charge in [-0.05, 0) is 55.5 Å². The van der Waals surface area contributed by atoms with Crippen molar-refractivity contribution < 1.29 is 23.9 Å². The average Bonchev–Trinajstić information content (AvgIpc) is 3.43. The molecule has 162 valence electrons. The third-order valence-corrected chi connectivity index (χ3v) is 6.61. The van der Waals surface area contributed by atoms with E-state index in [0.717, 1.165) is 6.42 Å². The number of esters is 1. The second kappa shape index (κ2) is 7.75. The number of para-hydroxylation sites is 1. The number of benzene rings is 2. The van der Waals surface area contributed by atoms with Gasteiger partial charge in [0.25, 0.3) is 5.91 Å². The van der Waals surface area contributed by atoms with E-state index >= 15 is 0 Å². The monoisotopic (exact) mass is 430 g/mol. The molecule has 2 bridgehead atoms. The van der Waals surface area contributed by atoms with Gasteiger partial charge in [0, 0.05) is 5.69 Å². The molecule has 1 N–H and O–H groups in total. The summed E-state index contributed by atoms with van der Waals surface area (Å²) in [6.07, 6.45) is 2.98. The highest BCUT2D eigenvalue weighted by molar-refractivity contribution is 6.23. The molecule has 3 aliphatic rings. The first-order valence-corrected chi connectivity index (χ1v) is 10.6.